The SMILES string of the molecule is Cc1c(COc2ccc(C[C@@H](C)NC[C@H](O)c3cc(O)cc(O)c3)cc2)no[n+]1[O-]. The number of hydrogen-bond donors (Lipinski definition) is 4. The number of nitrogens with zero attached hydrogens (tertiary/aromatic N) is 2. The van der Waals surface area contributed by atoms with Crippen molar-refractivity contribution in [3.05, 3.63) is 70.2 Å². The zero-order chi connectivity index (χ0) is 21.7. The Kier molecular flexibility index (Phi) is 6.76. The number of hydrogen-bond acceptors (Lipinski definition) is 8. The number of aliphatic hydroxyl groups is 1. The molecule has 0 aliphatic carbocycles. The molecular formula is C21H25N3O6. The van der Waals surface area contributed by atoms with Crippen LogP contribution in [0.1, 0.15) is 35.5 Å². The van der Waals surface area contributed by atoms with Crippen molar-refractivity contribution in [3.8, 4) is 17.2 Å². The molecule has 0 radical (unpaired) electrons. The lowest BCUT2D eigenvalue weighted by molar-refractivity contribution is -0.806. The first-order chi connectivity index (χ1) is 14.3. The molecule has 0 saturated carbocycles. The third-order valence-corrected chi connectivity index (χ3v) is 4.73. The fourth-order valence-corrected chi connectivity index (χ4v) is 2.99. The summed E-state index contributed by atoms with van der Waals surface area (Å²) in [5, 5.41) is 47.4. The fourth-order valence-electron chi connectivity index (χ4n) is 2.99. The molecule has 3 rings (SSSR count). The number of ether oxygens (including phenoxy) is 1. The fraction of sp³-hybridized carbons (Fsp3) is 0.333. The molecule has 0 fully saturated rings. The smallest absolute Gasteiger partial charge is 0.258 e. The number of benzene rings is 2. The van der Waals surface area contributed by atoms with Crippen LogP contribution in [0.15, 0.2) is 47.1 Å². The molecule has 0 saturated heterocycles. The van der Waals surface area contributed by atoms with E-state index in [1.54, 1.807) is 6.92 Å². The van der Waals surface area contributed by atoms with Crippen LogP contribution >= 0.6 is 0 Å². The number of aromatic nitrogens is 2. The van der Waals surface area contributed by atoms with Gasteiger partial charge in [0, 0.05) is 30.7 Å². The average Bonchev–Trinajstić information content (AvgIpc) is 3.03. The molecular weight excluding hydrogens is 390 g/mol. The number of nitrogens with one attached hydrogen (secondary N) is 1. The summed E-state index contributed by atoms with van der Waals surface area (Å²) in [5.74, 6) is 0.467. The van der Waals surface area contributed by atoms with E-state index in [9.17, 15) is 20.5 Å². The van der Waals surface area contributed by atoms with Crippen molar-refractivity contribution >= 4 is 0 Å². The number of phenols is 2. The van der Waals surface area contributed by atoms with Crippen LogP contribution < -0.4 is 15.0 Å². The minimum Gasteiger partial charge on any atom is -0.508 e. The van der Waals surface area contributed by atoms with Gasteiger partial charge in [-0.05, 0) is 53.6 Å². The molecule has 9 heteroatoms. The molecule has 0 amide bonds. The Balaban J connectivity index is 1.47. The van der Waals surface area contributed by atoms with E-state index in [1.165, 1.54) is 18.2 Å². The first-order valence-corrected chi connectivity index (χ1v) is 9.53. The van der Waals surface area contributed by atoms with Gasteiger partial charge in [0.25, 0.3) is 5.69 Å². The molecule has 2 aromatic carbocycles. The summed E-state index contributed by atoms with van der Waals surface area (Å²) in [6.07, 6.45) is -0.120. The van der Waals surface area contributed by atoms with Crippen LogP contribution in [0.4, 0.5) is 0 Å². The Morgan fingerprint density at radius 2 is 1.83 bits per heavy atom. The van der Waals surface area contributed by atoms with Gasteiger partial charge in [-0.25, -0.2) is 0 Å². The molecule has 3 aromatic rings. The number of aromatic hydroxyl groups is 2. The van der Waals surface area contributed by atoms with Gasteiger partial charge in [0.1, 0.15) is 17.2 Å². The second-order valence-corrected chi connectivity index (χ2v) is 7.21. The minimum absolute atomic E-state index is 0.0857. The molecule has 4 N–H and O–H groups in total. The molecule has 160 valence electrons. The quantitative estimate of drug-likeness (QED) is 0.389. The highest BCUT2D eigenvalue weighted by Gasteiger charge is 2.15. The van der Waals surface area contributed by atoms with Gasteiger partial charge in [0.2, 0.25) is 0 Å². The van der Waals surface area contributed by atoms with E-state index in [2.05, 4.69) is 15.1 Å². The van der Waals surface area contributed by atoms with Crippen LogP contribution in [0.3, 0.4) is 0 Å². The number of aliphatic hydroxyl groups excluding tert-OH is 1. The lowest BCUT2D eigenvalue weighted by Gasteiger charge is -2.18. The maximum absolute atomic E-state index is 11.2. The predicted octanol–water partition coefficient (Wildman–Crippen LogP) is 1.86. The summed E-state index contributed by atoms with van der Waals surface area (Å²) in [5.41, 5.74) is 2.35. The van der Waals surface area contributed by atoms with E-state index in [4.69, 9.17) is 4.74 Å². The first kappa shape index (κ1) is 21.4. The highest BCUT2D eigenvalue weighted by atomic mass is 16.8. The Hall–Kier alpha value is -3.30. The van der Waals surface area contributed by atoms with E-state index in [1.807, 2.05) is 31.2 Å². The van der Waals surface area contributed by atoms with E-state index in [0.717, 1.165) is 12.0 Å². The lowest BCUT2D eigenvalue weighted by Crippen LogP contribution is -2.32. The van der Waals surface area contributed by atoms with Gasteiger partial charge in [-0.15, -0.1) is 0 Å². The Labute approximate surface area is 173 Å². The first-order valence-electron chi connectivity index (χ1n) is 9.53. The standard InChI is InChI=1S/C21H25N3O6/c1-13(22-11-21(27)16-8-17(25)10-18(26)9-16)7-15-3-5-19(6-4-15)29-12-20-14(2)24(28)30-23-20/h3-6,8-10,13,21-22,25-27H,7,11-12H2,1-2H3/t13-,21+/m1/s1. The third kappa shape index (κ3) is 5.62. The van der Waals surface area contributed by atoms with Crippen molar-refractivity contribution in [1.29, 1.82) is 0 Å². The summed E-state index contributed by atoms with van der Waals surface area (Å²) in [6.45, 7) is 4.04. The van der Waals surface area contributed by atoms with Crippen LogP contribution in [0, 0.1) is 12.1 Å². The topological polar surface area (TPSA) is 135 Å². The van der Waals surface area contributed by atoms with Crippen LogP contribution in [0.5, 0.6) is 17.2 Å². The van der Waals surface area contributed by atoms with Gasteiger partial charge in [0.05, 0.1) is 6.10 Å². The maximum Gasteiger partial charge on any atom is 0.258 e. The molecule has 0 unspecified atom stereocenters. The Bertz CT molecular complexity index is 953. The van der Waals surface area contributed by atoms with Crippen molar-refractivity contribution in [1.82, 2.24) is 10.5 Å². The van der Waals surface area contributed by atoms with Gasteiger partial charge < -0.3 is 30.6 Å². The van der Waals surface area contributed by atoms with Crippen LogP contribution in [-0.4, -0.2) is 33.1 Å². The molecule has 0 aliphatic rings. The van der Waals surface area contributed by atoms with Crippen LogP contribution in [0.2, 0.25) is 0 Å². The van der Waals surface area contributed by atoms with E-state index < -0.39 is 6.10 Å². The van der Waals surface area contributed by atoms with Crippen molar-refractivity contribution in [2.75, 3.05) is 6.54 Å². The zero-order valence-electron chi connectivity index (χ0n) is 16.8. The van der Waals surface area contributed by atoms with Gasteiger partial charge in [-0.1, -0.05) is 12.1 Å². The van der Waals surface area contributed by atoms with Crippen molar-refractivity contribution in [3.63, 3.8) is 0 Å². The summed E-state index contributed by atoms with van der Waals surface area (Å²) >= 11 is 0. The molecule has 2 atom stereocenters. The van der Waals surface area contributed by atoms with Gasteiger partial charge >= 0.3 is 0 Å². The summed E-state index contributed by atoms with van der Waals surface area (Å²) in [7, 11) is 0. The van der Waals surface area contributed by atoms with Crippen molar-refractivity contribution < 1.29 is 29.6 Å². The third-order valence-electron chi connectivity index (χ3n) is 4.73. The number of rotatable bonds is 9. The van der Waals surface area contributed by atoms with Gasteiger partial charge in [-0.2, -0.15) is 0 Å². The largest absolute Gasteiger partial charge is 0.508 e. The second-order valence-electron chi connectivity index (χ2n) is 7.21. The Morgan fingerprint density at radius 1 is 1.17 bits per heavy atom. The monoisotopic (exact) mass is 415 g/mol. The van der Waals surface area contributed by atoms with E-state index in [-0.39, 0.29) is 30.7 Å². The summed E-state index contributed by atoms with van der Waals surface area (Å²) in [6, 6.07) is 11.7. The molecule has 0 aliphatic heterocycles. The van der Waals surface area contributed by atoms with Crippen molar-refractivity contribution in [2.24, 2.45) is 0 Å². The van der Waals surface area contributed by atoms with Crippen LogP contribution in [0.25, 0.3) is 0 Å². The molecule has 0 bridgehead atoms. The molecule has 9 nitrogen and oxygen atoms in total. The molecule has 0 spiro atoms. The Morgan fingerprint density at radius 3 is 2.43 bits per heavy atom. The summed E-state index contributed by atoms with van der Waals surface area (Å²) in [4.78, 5) is 0.344. The van der Waals surface area contributed by atoms with Crippen LogP contribution in [-0.2, 0) is 13.0 Å². The summed E-state index contributed by atoms with van der Waals surface area (Å²) < 4.78 is 10.1. The normalized spacial score (nSPS) is 13.2. The predicted molar refractivity (Wildman–Crippen MR) is 107 cm³/mol. The minimum atomic E-state index is -0.853. The highest BCUT2D eigenvalue weighted by Crippen LogP contribution is 2.24. The van der Waals surface area contributed by atoms with E-state index in [0.29, 0.717) is 27.6 Å². The molecule has 1 heterocycles. The second kappa shape index (κ2) is 9.47. The lowest BCUT2D eigenvalue weighted by atomic mass is 10.1. The van der Waals surface area contributed by atoms with E-state index >= 15 is 0 Å². The highest BCUT2D eigenvalue weighted by molar-refractivity contribution is 5.37. The van der Waals surface area contributed by atoms with Gasteiger partial charge in [-0.3, -0.25) is 4.63 Å². The molecule has 1 aromatic heterocycles. The van der Waals surface area contributed by atoms with Crippen molar-refractivity contribution in [2.45, 2.75) is 39.0 Å². The van der Waals surface area contributed by atoms with Gasteiger partial charge in [0.15, 0.2) is 12.3 Å². The number of phenolic OH excluding ortho intramolecular Hbond substituents is 2. The average molecular weight is 415 g/mol. The molecule has 30 heavy (non-hydrogen) atoms. The maximum atomic E-state index is 11.2. The zero-order valence-corrected chi connectivity index (χ0v) is 16.8.